The van der Waals surface area contributed by atoms with Crippen LogP contribution >= 0.6 is 11.6 Å². The van der Waals surface area contributed by atoms with Crippen LogP contribution in [-0.2, 0) is 4.79 Å². The molecule has 0 aromatic heterocycles. The second kappa shape index (κ2) is 7.51. The molecule has 1 aromatic rings. The van der Waals surface area contributed by atoms with Crippen molar-refractivity contribution < 1.29 is 18.0 Å². The van der Waals surface area contributed by atoms with E-state index >= 15 is 0 Å². The van der Waals surface area contributed by atoms with E-state index < -0.39 is 12.6 Å². The highest BCUT2D eigenvalue weighted by Crippen LogP contribution is 2.23. The highest BCUT2D eigenvalue weighted by Gasteiger charge is 2.27. The van der Waals surface area contributed by atoms with E-state index in [0.717, 1.165) is 0 Å². The van der Waals surface area contributed by atoms with Gasteiger partial charge in [-0.3, -0.25) is 4.79 Å². The maximum atomic E-state index is 12.1. The van der Waals surface area contributed by atoms with Crippen molar-refractivity contribution in [1.29, 1.82) is 0 Å². The largest absolute Gasteiger partial charge is 0.397 e. The number of amides is 1. The minimum absolute atomic E-state index is 0.0698. The highest BCUT2D eigenvalue weighted by molar-refractivity contribution is 6.31. The van der Waals surface area contributed by atoms with Crippen LogP contribution in [0.15, 0.2) is 18.2 Å². The number of hydrogen-bond acceptors (Lipinski definition) is 3. The van der Waals surface area contributed by atoms with Crippen LogP contribution in [0.4, 0.5) is 24.5 Å². The fourth-order valence-electron chi connectivity index (χ4n) is 1.57. The van der Waals surface area contributed by atoms with Crippen molar-refractivity contribution in [3.8, 4) is 0 Å². The lowest BCUT2D eigenvalue weighted by Gasteiger charge is -2.17. The van der Waals surface area contributed by atoms with Crippen molar-refractivity contribution in [3.63, 3.8) is 0 Å². The number of alkyl halides is 3. The van der Waals surface area contributed by atoms with Gasteiger partial charge in [-0.25, -0.2) is 0 Å². The van der Waals surface area contributed by atoms with E-state index in [0.29, 0.717) is 16.4 Å². The summed E-state index contributed by atoms with van der Waals surface area (Å²) in [6.07, 6.45) is -5.02. The maximum Gasteiger partial charge on any atom is 0.390 e. The molecule has 3 N–H and O–H groups in total. The third-order valence-electron chi connectivity index (χ3n) is 2.79. The van der Waals surface area contributed by atoms with Crippen LogP contribution in [0, 0.1) is 0 Å². The van der Waals surface area contributed by atoms with Gasteiger partial charge >= 0.3 is 6.18 Å². The number of hydrogen-bond donors (Lipinski definition) is 2. The summed E-state index contributed by atoms with van der Waals surface area (Å²) in [5, 5.41) is 3.01. The number of nitrogens with one attached hydrogen (secondary N) is 1. The Morgan fingerprint density at radius 1 is 1.38 bits per heavy atom. The predicted molar refractivity (Wildman–Crippen MR) is 77.3 cm³/mol. The molecule has 1 amide bonds. The Morgan fingerprint density at radius 2 is 2.05 bits per heavy atom. The molecule has 0 atom stereocenters. The monoisotopic (exact) mass is 323 g/mol. The molecule has 4 nitrogen and oxygen atoms in total. The zero-order valence-electron chi connectivity index (χ0n) is 11.5. The lowest BCUT2D eigenvalue weighted by Crippen LogP contribution is -2.28. The van der Waals surface area contributed by atoms with Crippen LogP contribution in [0.25, 0.3) is 0 Å². The van der Waals surface area contributed by atoms with Crippen LogP contribution in [0.5, 0.6) is 0 Å². The Balaban J connectivity index is 2.39. The molecule has 0 aliphatic carbocycles. The van der Waals surface area contributed by atoms with E-state index in [-0.39, 0.29) is 25.4 Å². The summed E-state index contributed by atoms with van der Waals surface area (Å²) in [7, 11) is 1.53. The van der Waals surface area contributed by atoms with Crippen molar-refractivity contribution in [1.82, 2.24) is 4.90 Å². The minimum atomic E-state index is -4.19. The Bertz CT molecular complexity index is 494. The van der Waals surface area contributed by atoms with Crippen LogP contribution in [0.2, 0.25) is 5.02 Å². The first-order valence-electron chi connectivity index (χ1n) is 6.27. The molecule has 0 fully saturated rings. The summed E-state index contributed by atoms with van der Waals surface area (Å²) in [6, 6.07) is 4.67. The molecule has 0 unspecified atom stereocenters. The molecule has 0 spiro atoms. The number of rotatable bonds is 6. The average molecular weight is 324 g/mol. The fraction of sp³-hybridized carbons (Fsp3) is 0.462. The van der Waals surface area contributed by atoms with Crippen LogP contribution in [-0.4, -0.2) is 37.1 Å². The fourth-order valence-corrected chi connectivity index (χ4v) is 1.74. The van der Waals surface area contributed by atoms with Gasteiger partial charge in [-0.2, -0.15) is 13.2 Å². The molecule has 1 rings (SSSR count). The summed E-state index contributed by atoms with van der Waals surface area (Å²) in [4.78, 5) is 13.2. The van der Waals surface area contributed by atoms with Crippen molar-refractivity contribution in [2.24, 2.45) is 0 Å². The van der Waals surface area contributed by atoms with Gasteiger partial charge in [0.2, 0.25) is 5.91 Å². The van der Waals surface area contributed by atoms with Gasteiger partial charge in [0.15, 0.2) is 0 Å². The van der Waals surface area contributed by atoms with Gasteiger partial charge < -0.3 is 16.0 Å². The Hall–Kier alpha value is -1.47. The van der Waals surface area contributed by atoms with Gasteiger partial charge in [-0.05, 0) is 25.2 Å². The normalized spacial score (nSPS) is 11.7. The summed E-state index contributed by atoms with van der Waals surface area (Å²) in [6.45, 7) is 0.0818. The number of anilines is 2. The smallest absolute Gasteiger partial charge is 0.390 e. The third kappa shape index (κ3) is 7.19. The SMILES string of the molecule is CN(CCC(=O)Nc1cc(Cl)ccc1N)CCC(F)(F)F. The molecule has 0 saturated carbocycles. The van der Waals surface area contributed by atoms with E-state index in [1.54, 1.807) is 12.1 Å². The number of halogens is 4. The molecule has 0 saturated heterocycles. The van der Waals surface area contributed by atoms with Gasteiger partial charge in [-0.1, -0.05) is 11.6 Å². The molecule has 0 heterocycles. The second-order valence-electron chi connectivity index (χ2n) is 4.70. The Labute approximate surface area is 126 Å². The van der Waals surface area contributed by atoms with E-state index in [2.05, 4.69) is 5.32 Å². The van der Waals surface area contributed by atoms with Crippen LogP contribution in [0.3, 0.4) is 0 Å². The maximum absolute atomic E-state index is 12.1. The molecule has 0 bridgehead atoms. The number of benzene rings is 1. The van der Waals surface area contributed by atoms with E-state index in [9.17, 15) is 18.0 Å². The molecule has 0 radical (unpaired) electrons. The van der Waals surface area contributed by atoms with Crippen LogP contribution < -0.4 is 11.1 Å². The topological polar surface area (TPSA) is 58.4 Å². The summed E-state index contributed by atoms with van der Waals surface area (Å²) in [5.74, 6) is -0.331. The van der Waals surface area contributed by atoms with E-state index in [1.165, 1.54) is 18.0 Å². The standard InChI is InChI=1S/C13H17ClF3N3O/c1-20(7-5-13(15,16)17)6-4-12(21)19-11-8-9(14)2-3-10(11)18/h2-3,8H,4-7,18H2,1H3,(H,19,21). The van der Waals surface area contributed by atoms with Crippen molar-refractivity contribution >= 4 is 28.9 Å². The molecule has 21 heavy (non-hydrogen) atoms. The first-order valence-corrected chi connectivity index (χ1v) is 6.65. The predicted octanol–water partition coefficient (Wildman–Crippen LogP) is 3.14. The van der Waals surface area contributed by atoms with Crippen molar-refractivity contribution in [2.45, 2.75) is 19.0 Å². The number of carbonyl (C=O) groups excluding carboxylic acids is 1. The lowest BCUT2D eigenvalue weighted by atomic mass is 10.2. The number of carbonyl (C=O) groups is 1. The average Bonchev–Trinajstić information content (AvgIpc) is 2.37. The van der Waals surface area contributed by atoms with Crippen molar-refractivity contribution in [3.05, 3.63) is 23.2 Å². The number of nitrogens with two attached hydrogens (primary N) is 1. The van der Waals surface area contributed by atoms with Gasteiger partial charge in [0, 0.05) is 24.5 Å². The van der Waals surface area contributed by atoms with E-state index in [4.69, 9.17) is 17.3 Å². The number of nitrogens with zero attached hydrogens (tertiary/aromatic N) is 1. The zero-order valence-corrected chi connectivity index (χ0v) is 12.3. The van der Waals surface area contributed by atoms with Gasteiger partial charge in [-0.15, -0.1) is 0 Å². The lowest BCUT2D eigenvalue weighted by molar-refractivity contribution is -0.137. The van der Waals surface area contributed by atoms with Gasteiger partial charge in [0.25, 0.3) is 0 Å². The molecule has 8 heteroatoms. The zero-order chi connectivity index (χ0) is 16.0. The van der Waals surface area contributed by atoms with Gasteiger partial charge in [0.05, 0.1) is 17.8 Å². The number of nitrogen functional groups attached to an aromatic ring is 1. The first kappa shape index (κ1) is 17.6. The Kier molecular flexibility index (Phi) is 6.29. The molecule has 0 aliphatic rings. The second-order valence-corrected chi connectivity index (χ2v) is 5.13. The molecule has 1 aromatic carbocycles. The minimum Gasteiger partial charge on any atom is -0.397 e. The van der Waals surface area contributed by atoms with E-state index in [1.807, 2.05) is 0 Å². The molecular weight excluding hydrogens is 307 g/mol. The van der Waals surface area contributed by atoms with Crippen LogP contribution in [0.1, 0.15) is 12.8 Å². The summed E-state index contributed by atoms with van der Waals surface area (Å²) >= 11 is 5.79. The summed E-state index contributed by atoms with van der Waals surface area (Å²) < 4.78 is 36.2. The summed E-state index contributed by atoms with van der Waals surface area (Å²) in [5.41, 5.74) is 6.45. The van der Waals surface area contributed by atoms with Gasteiger partial charge in [0.1, 0.15) is 0 Å². The molecule has 0 aliphatic heterocycles. The quantitative estimate of drug-likeness (QED) is 0.791. The molecular formula is C13H17ClF3N3O. The highest BCUT2D eigenvalue weighted by atomic mass is 35.5. The van der Waals surface area contributed by atoms with Crippen molar-refractivity contribution in [2.75, 3.05) is 31.2 Å². The molecule has 118 valence electrons. The first-order chi connectivity index (χ1) is 9.67. The Morgan fingerprint density at radius 3 is 2.67 bits per heavy atom. The third-order valence-corrected chi connectivity index (χ3v) is 3.02.